The van der Waals surface area contributed by atoms with E-state index in [1.807, 2.05) is 33.0 Å². The lowest BCUT2D eigenvalue weighted by Crippen LogP contribution is -2.18. The van der Waals surface area contributed by atoms with Gasteiger partial charge in [0.1, 0.15) is 0 Å². The summed E-state index contributed by atoms with van der Waals surface area (Å²) < 4.78 is 10.5. The number of hydrogen-bond acceptors (Lipinski definition) is 7. The molecule has 3 rings (SSSR count). The molecule has 0 saturated carbocycles. The predicted octanol–water partition coefficient (Wildman–Crippen LogP) is 2.88. The lowest BCUT2D eigenvalue weighted by Gasteiger charge is -2.13. The lowest BCUT2D eigenvalue weighted by molar-refractivity contribution is 0.298. The van der Waals surface area contributed by atoms with Crippen LogP contribution in [0.5, 0.6) is 0 Å². The second kappa shape index (κ2) is 6.70. The maximum Gasteiger partial charge on any atom is 0.229 e. The van der Waals surface area contributed by atoms with Crippen molar-refractivity contribution >= 4 is 0 Å². The van der Waals surface area contributed by atoms with E-state index < -0.39 is 0 Å². The van der Waals surface area contributed by atoms with Crippen LogP contribution < -0.4 is 0 Å². The van der Waals surface area contributed by atoms with Crippen LogP contribution in [0, 0.1) is 0 Å². The Labute approximate surface area is 134 Å². The summed E-state index contributed by atoms with van der Waals surface area (Å²) in [6.45, 7) is 5.36. The Morgan fingerprint density at radius 2 is 1.96 bits per heavy atom. The first kappa shape index (κ1) is 15.4. The van der Waals surface area contributed by atoms with Crippen LogP contribution in [0.25, 0.3) is 11.6 Å². The van der Waals surface area contributed by atoms with Crippen molar-refractivity contribution in [3.05, 3.63) is 48.1 Å². The standard InChI is InChI=1S/C16H19N5O2/c1-11(2)16-19-14(20-23-16)10-21(3)9-12-7-17-15(18-8-12)13-5-4-6-22-13/h4-8,11H,9-10H2,1-3H3. The molecule has 3 aromatic heterocycles. The quantitative estimate of drug-likeness (QED) is 0.692. The molecule has 7 nitrogen and oxygen atoms in total. The molecule has 120 valence electrons. The summed E-state index contributed by atoms with van der Waals surface area (Å²) in [7, 11) is 1.99. The van der Waals surface area contributed by atoms with Crippen molar-refractivity contribution in [2.75, 3.05) is 7.05 Å². The van der Waals surface area contributed by atoms with Gasteiger partial charge in [0, 0.05) is 30.4 Å². The Morgan fingerprint density at radius 1 is 1.17 bits per heavy atom. The summed E-state index contributed by atoms with van der Waals surface area (Å²) in [6, 6.07) is 3.65. The minimum absolute atomic E-state index is 0.240. The molecule has 0 aromatic carbocycles. The molecule has 0 atom stereocenters. The fraction of sp³-hybridized carbons (Fsp3) is 0.375. The van der Waals surface area contributed by atoms with Crippen LogP contribution >= 0.6 is 0 Å². The van der Waals surface area contributed by atoms with Crippen LogP contribution in [0.2, 0.25) is 0 Å². The summed E-state index contributed by atoms with van der Waals surface area (Å²) in [4.78, 5) is 15.1. The Hall–Kier alpha value is -2.54. The van der Waals surface area contributed by atoms with Crippen molar-refractivity contribution in [2.45, 2.75) is 32.9 Å². The number of hydrogen-bond donors (Lipinski definition) is 0. The molecule has 0 unspecified atom stereocenters. The van der Waals surface area contributed by atoms with Gasteiger partial charge in [-0.25, -0.2) is 9.97 Å². The normalized spacial score (nSPS) is 11.5. The van der Waals surface area contributed by atoms with E-state index in [4.69, 9.17) is 8.94 Å². The van der Waals surface area contributed by atoms with Gasteiger partial charge in [0.2, 0.25) is 5.89 Å². The van der Waals surface area contributed by atoms with Gasteiger partial charge in [-0.1, -0.05) is 19.0 Å². The second-order valence-electron chi connectivity index (χ2n) is 5.77. The van der Waals surface area contributed by atoms with E-state index in [2.05, 4.69) is 25.0 Å². The predicted molar refractivity (Wildman–Crippen MR) is 83.3 cm³/mol. The van der Waals surface area contributed by atoms with Crippen molar-refractivity contribution in [1.82, 2.24) is 25.0 Å². The highest BCUT2D eigenvalue weighted by Gasteiger charge is 2.12. The molecule has 3 aromatic rings. The average Bonchev–Trinajstić information content (AvgIpc) is 3.19. The molecule has 0 aliphatic rings. The van der Waals surface area contributed by atoms with Crippen molar-refractivity contribution in [1.29, 1.82) is 0 Å². The van der Waals surface area contributed by atoms with Crippen molar-refractivity contribution in [2.24, 2.45) is 0 Å². The molecule has 23 heavy (non-hydrogen) atoms. The van der Waals surface area contributed by atoms with E-state index in [0.717, 1.165) is 5.56 Å². The molecular formula is C16H19N5O2. The van der Waals surface area contributed by atoms with Gasteiger partial charge < -0.3 is 8.94 Å². The smallest absolute Gasteiger partial charge is 0.229 e. The van der Waals surface area contributed by atoms with Crippen molar-refractivity contribution in [3.63, 3.8) is 0 Å². The summed E-state index contributed by atoms with van der Waals surface area (Å²) in [6.07, 6.45) is 5.21. The molecule has 0 N–H and O–H groups in total. The van der Waals surface area contributed by atoms with Gasteiger partial charge in [-0.15, -0.1) is 0 Å². The van der Waals surface area contributed by atoms with E-state index in [1.165, 1.54) is 0 Å². The zero-order chi connectivity index (χ0) is 16.2. The molecular weight excluding hydrogens is 294 g/mol. The first-order valence-corrected chi connectivity index (χ1v) is 7.47. The Morgan fingerprint density at radius 3 is 2.57 bits per heavy atom. The third kappa shape index (κ3) is 3.81. The zero-order valence-corrected chi connectivity index (χ0v) is 13.4. The van der Waals surface area contributed by atoms with E-state index in [-0.39, 0.29) is 5.92 Å². The maximum atomic E-state index is 5.28. The van der Waals surface area contributed by atoms with Crippen molar-refractivity contribution < 1.29 is 8.94 Å². The van der Waals surface area contributed by atoms with Gasteiger partial charge in [-0.05, 0) is 19.2 Å². The highest BCUT2D eigenvalue weighted by molar-refractivity contribution is 5.45. The molecule has 0 fully saturated rings. The molecule has 0 bridgehead atoms. The van der Waals surface area contributed by atoms with E-state index in [9.17, 15) is 0 Å². The third-order valence-corrected chi connectivity index (χ3v) is 3.29. The Balaban J connectivity index is 1.60. The fourth-order valence-electron chi connectivity index (χ4n) is 2.14. The minimum Gasteiger partial charge on any atom is -0.461 e. The summed E-state index contributed by atoms with van der Waals surface area (Å²) >= 11 is 0. The SMILES string of the molecule is CC(C)c1nc(CN(C)Cc2cnc(-c3ccco3)nc2)no1. The lowest BCUT2D eigenvalue weighted by atomic mass is 10.2. The third-order valence-electron chi connectivity index (χ3n) is 3.29. The molecule has 0 amide bonds. The van der Waals surface area contributed by atoms with Crippen LogP contribution in [0.1, 0.15) is 37.0 Å². The molecule has 3 heterocycles. The summed E-state index contributed by atoms with van der Waals surface area (Å²) in [5.41, 5.74) is 1.01. The minimum atomic E-state index is 0.240. The first-order chi connectivity index (χ1) is 11.1. The molecule has 0 aliphatic carbocycles. The highest BCUT2D eigenvalue weighted by Crippen LogP contribution is 2.15. The average molecular weight is 313 g/mol. The van der Waals surface area contributed by atoms with Gasteiger partial charge in [0.15, 0.2) is 17.4 Å². The Kier molecular flexibility index (Phi) is 4.47. The van der Waals surface area contributed by atoms with E-state index in [1.54, 1.807) is 18.7 Å². The summed E-state index contributed by atoms with van der Waals surface area (Å²) in [5, 5.41) is 4.00. The first-order valence-electron chi connectivity index (χ1n) is 7.47. The largest absolute Gasteiger partial charge is 0.461 e. The second-order valence-corrected chi connectivity index (χ2v) is 5.77. The van der Waals surface area contributed by atoms with Crippen LogP contribution in [-0.2, 0) is 13.1 Å². The number of rotatable bonds is 6. The topological polar surface area (TPSA) is 81.1 Å². The van der Waals surface area contributed by atoms with Crippen LogP contribution in [0.3, 0.4) is 0 Å². The molecule has 0 spiro atoms. The van der Waals surface area contributed by atoms with Gasteiger partial charge in [0.25, 0.3) is 0 Å². The van der Waals surface area contributed by atoms with Crippen LogP contribution in [-0.4, -0.2) is 32.1 Å². The van der Waals surface area contributed by atoms with Gasteiger partial charge in [0.05, 0.1) is 12.8 Å². The fourth-order valence-corrected chi connectivity index (χ4v) is 2.14. The molecule has 7 heteroatoms. The number of nitrogens with zero attached hydrogens (tertiary/aromatic N) is 5. The molecule has 0 saturated heterocycles. The molecule has 0 aliphatic heterocycles. The maximum absolute atomic E-state index is 5.28. The van der Waals surface area contributed by atoms with Gasteiger partial charge in [-0.2, -0.15) is 4.98 Å². The number of aromatic nitrogens is 4. The van der Waals surface area contributed by atoms with Gasteiger partial charge in [-0.3, -0.25) is 4.90 Å². The van der Waals surface area contributed by atoms with E-state index >= 15 is 0 Å². The zero-order valence-electron chi connectivity index (χ0n) is 13.4. The van der Waals surface area contributed by atoms with Gasteiger partial charge >= 0.3 is 0 Å². The van der Waals surface area contributed by atoms with E-state index in [0.29, 0.717) is 36.4 Å². The van der Waals surface area contributed by atoms with Crippen LogP contribution in [0.4, 0.5) is 0 Å². The number of furan rings is 1. The van der Waals surface area contributed by atoms with Crippen molar-refractivity contribution in [3.8, 4) is 11.6 Å². The Bertz CT molecular complexity index is 734. The summed E-state index contributed by atoms with van der Waals surface area (Å²) in [5.74, 6) is 2.84. The van der Waals surface area contributed by atoms with Crippen LogP contribution in [0.15, 0.2) is 39.7 Å². The monoisotopic (exact) mass is 313 g/mol. The molecule has 0 radical (unpaired) electrons. The highest BCUT2D eigenvalue weighted by atomic mass is 16.5.